The molecule has 4 aromatic rings. The summed E-state index contributed by atoms with van der Waals surface area (Å²) >= 11 is 0. The van der Waals surface area contributed by atoms with Crippen LogP contribution in [0.1, 0.15) is 102 Å². The lowest BCUT2D eigenvalue weighted by atomic mass is 9.93. The highest BCUT2D eigenvalue weighted by atomic mass is 19.1. The lowest BCUT2D eigenvalue weighted by Crippen LogP contribution is -2.07. The predicted octanol–water partition coefficient (Wildman–Crippen LogP) is 13.0. The maximum atomic E-state index is 12.5. The van der Waals surface area contributed by atoms with E-state index in [0.717, 1.165) is 41.8 Å². The maximum absolute atomic E-state index is 12.5. The van der Waals surface area contributed by atoms with Gasteiger partial charge in [0.1, 0.15) is 11.6 Å². The van der Waals surface area contributed by atoms with Gasteiger partial charge in [-0.05, 0) is 133 Å². The van der Waals surface area contributed by atoms with Crippen LogP contribution in [0.15, 0.2) is 103 Å². The summed E-state index contributed by atoms with van der Waals surface area (Å²) in [5.74, 6) is 4.82. The highest BCUT2D eigenvalue weighted by molar-refractivity contribution is 5.32. The molecule has 1 aliphatic carbocycles. The average molecular weight is 653 g/mol. The molecule has 0 radical (unpaired) electrons. The molecule has 0 heterocycles. The largest absolute Gasteiger partial charge is 0.497 e. The van der Waals surface area contributed by atoms with E-state index in [1.54, 1.807) is 18.2 Å². The molecule has 2 heteroatoms. The molecule has 0 N–H and O–H groups in total. The summed E-state index contributed by atoms with van der Waals surface area (Å²) in [4.78, 5) is 0. The number of fused-ring (bicyclic) bond motifs is 1. The molecule has 48 heavy (non-hydrogen) atoms. The first-order valence-electron chi connectivity index (χ1n) is 18.4. The Morgan fingerprint density at radius 1 is 0.521 bits per heavy atom. The van der Waals surface area contributed by atoms with Crippen molar-refractivity contribution in [2.24, 2.45) is 29.6 Å². The topological polar surface area (TPSA) is 9.23 Å². The number of aryl methyl sites for hydroxylation is 3. The fourth-order valence-corrected chi connectivity index (χ4v) is 5.52. The third kappa shape index (κ3) is 17.7. The summed E-state index contributed by atoms with van der Waals surface area (Å²) in [6.07, 6.45) is 9.77. The lowest BCUT2D eigenvalue weighted by Gasteiger charge is -2.12. The van der Waals surface area contributed by atoms with Crippen LogP contribution in [-0.2, 0) is 32.1 Å². The second-order valence-corrected chi connectivity index (χ2v) is 14.9. The third-order valence-electron chi connectivity index (χ3n) is 8.97. The maximum Gasteiger partial charge on any atom is 0.123 e. The Morgan fingerprint density at radius 3 is 1.27 bits per heavy atom. The number of ether oxygens (including phenoxy) is 1. The van der Waals surface area contributed by atoms with Crippen molar-refractivity contribution in [2.45, 2.75) is 107 Å². The van der Waals surface area contributed by atoms with Gasteiger partial charge in [0, 0.05) is 0 Å². The van der Waals surface area contributed by atoms with Crippen LogP contribution >= 0.6 is 0 Å². The van der Waals surface area contributed by atoms with Gasteiger partial charge in [0.15, 0.2) is 0 Å². The van der Waals surface area contributed by atoms with Gasteiger partial charge in [-0.15, -0.1) is 0 Å². The van der Waals surface area contributed by atoms with Gasteiger partial charge in [0.05, 0.1) is 7.11 Å². The van der Waals surface area contributed by atoms with Gasteiger partial charge < -0.3 is 4.74 Å². The zero-order valence-electron chi connectivity index (χ0n) is 31.6. The van der Waals surface area contributed by atoms with E-state index < -0.39 is 0 Å². The van der Waals surface area contributed by atoms with Crippen molar-refractivity contribution in [3.8, 4) is 5.75 Å². The molecule has 0 saturated carbocycles. The molecule has 0 fully saturated rings. The molecule has 0 aliphatic heterocycles. The summed E-state index contributed by atoms with van der Waals surface area (Å²) < 4.78 is 17.6. The first-order valence-corrected chi connectivity index (χ1v) is 18.4. The zero-order chi connectivity index (χ0) is 35.3. The van der Waals surface area contributed by atoms with Crippen LogP contribution in [0.2, 0.25) is 0 Å². The Kier molecular flexibility index (Phi) is 19.6. The van der Waals surface area contributed by atoms with E-state index in [1.807, 2.05) is 24.3 Å². The molecular weight excluding hydrogens is 588 g/mol. The van der Waals surface area contributed by atoms with Gasteiger partial charge in [-0.1, -0.05) is 134 Å². The average Bonchev–Trinajstić information content (AvgIpc) is 3.53. The van der Waals surface area contributed by atoms with Crippen LogP contribution in [0.5, 0.6) is 5.75 Å². The minimum Gasteiger partial charge on any atom is -0.497 e. The van der Waals surface area contributed by atoms with Crippen molar-refractivity contribution >= 4 is 0 Å². The number of rotatable bonds is 11. The Hall–Kier alpha value is -3.39. The van der Waals surface area contributed by atoms with Crippen LogP contribution in [0.3, 0.4) is 0 Å². The van der Waals surface area contributed by atoms with Crippen LogP contribution < -0.4 is 4.74 Å². The first-order chi connectivity index (χ1) is 23.0. The molecule has 0 amide bonds. The van der Waals surface area contributed by atoms with Gasteiger partial charge in [-0.3, -0.25) is 0 Å². The number of hydrogen-bond donors (Lipinski definition) is 0. The molecular formula is C46H65FO. The smallest absolute Gasteiger partial charge is 0.123 e. The monoisotopic (exact) mass is 653 g/mol. The van der Waals surface area contributed by atoms with Gasteiger partial charge in [-0.2, -0.15) is 0 Å². The molecule has 262 valence electrons. The van der Waals surface area contributed by atoms with E-state index in [4.69, 9.17) is 4.74 Å². The highest BCUT2D eigenvalue weighted by Crippen LogP contribution is 2.30. The second kappa shape index (κ2) is 23.0. The van der Waals surface area contributed by atoms with E-state index in [2.05, 4.69) is 122 Å². The van der Waals surface area contributed by atoms with Crippen molar-refractivity contribution < 1.29 is 9.13 Å². The highest BCUT2D eigenvalue weighted by Gasteiger charge is 2.22. The zero-order valence-corrected chi connectivity index (χ0v) is 31.6. The van der Waals surface area contributed by atoms with Crippen LogP contribution in [-0.4, -0.2) is 7.11 Å². The molecule has 0 aromatic heterocycles. The normalized spacial score (nSPS) is 12.1. The number of methoxy groups -OCH3 is 1. The molecule has 4 aromatic carbocycles. The van der Waals surface area contributed by atoms with Crippen LogP contribution in [0.25, 0.3) is 0 Å². The molecule has 0 atom stereocenters. The van der Waals surface area contributed by atoms with E-state index in [9.17, 15) is 4.39 Å². The van der Waals surface area contributed by atoms with Gasteiger partial charge in [0.2, 0.25) is 0 Å². The number of hydrogen-bond acceptors (Lipinski definition) is 1. The molecule has 0 spiro atoms. The minimum absolute atomic E-state index is 0.150. The summed E-state index contributed by atoms with van der Waals surface area (Å²) in [5.41, 5.74) is 7.24. The van der Waals surface area contributed by atoms with E-state index in [1.165, 1.54) is 73.8 Å². The van der Waals surface area contributed by atoms with Crippen molar-refractivity contribution in [3.63, 3.8) is 0 Å². The quantitative estimate of drug-likeness (QED) is 0.157. The van der Waals surface area contributed by atoms with E-state index in [0.29, 0.717) is 0 Å². The molecule has 1 aliphatic rings. The molecule has 0 unspecified atom stereocenters. The Labute approximate surface area is 294 Å². The molecule has 0 bridgehead atoms. The van der Waals surface area contributed by atoms with E-state index >= 15 is 0 Å². The van der Waals surface area contributed by atoms with Gasteiger partial charge in [-0.25, -0.2) is 4.39 Å². The van der Waals surface area contributed by atoms with Crippen molar-refractivity contribution in [1.82, 2.24) is 0 Å². The SMILES string of the molecule is CC(C)C1Cc2ccccc2C1.CC(C)CCc1ccc(F)cc1.CC(C)CCc1ccccc1.COc1ccc(CCC(C)C)cc1. The molecule has 1 nitrogen and oxygen atoms in total. The van der Waals surface area contributed by atoms with Gasteiger partial charge >= 0.3 is 0 Å². The third-order valence-corrected chi connectivity index (χ3v) is 8.97. The predicted molar refractivity (Wildman–Crippen MR) is 207 cm³/mol. The fraction of sp³-hybridized carbons (Fsp3) is 0.478. The second-order valence-electron chi connectivity index (χ2n) is 14.9. The standard InChI is InChI=1S/C12H18O.C12H16.C11H15F.C11H16/c1-10(2)4-5-11-6-8-12(13-3)9-7-11;1-9(2)12-7-10-5-3-4-6-11(10)8-12;1-9(2)3-4-10-5-7-11(12)8-6-10;1-10(2)8-9-11-6-4-3-5-7-11/h6-10H,4-5H2,1-3H3;3-6,9,12H,7-8H2,1-2H3;5-9H,3-4H2,1-2H3;3-7,10H,8-9H2,1-2H3. The summed E-state index contributed by atoms with van der Waals surface area (Å²) in [6, 6.07) is 34.6. The Bertz CT molecular complexity index is 1330. The fourth-order valence-electron chi connectivity index (χ4n) is 5.52. The van der Waals surface area contributed by atoms with Crippen LogP contribution in [0, 0.1) is 35.4 Å². The van der Waals surface area contributed by atoms with Crippen molar-refractivity contribution in [3.05, 3.63) is 137 Å². The van der Waals surface area contributed by atoms with Crippen LogP contribution in [0.4, 0.5) is 4.39 Å². The van der Waals surface area contributed by atoms with E-state index in [-0.39, 0.29) is 5.82 Å². The first kappa shape index (κ1) is 40.8. The number of benzene rings is 4. The van der Waals surface area contributed by atoms with Gasteiger partial charge in [0.25, 0.3) is 0 Å². The number of halogens is 1. The molecule has 5 rings (SSSR count). The summed E-state index contributed by atoms with van der Waals surface area (Å²) in [7, 11) is 1.70. The van der Waals surface area contributed by atoms with Crippen molar-refractivity contribution in [1.29, 1.82) is 0 Å². The summed E-state index contributed by atoms with van der Waals surface area (Å²) in [6.45, 7) is 18.1. The minimum atomic E-state index is -0.150. The summed E-state index contributed by atoms with van der Waals surface area (Å²) in [5, 5.41) is 0. The Morgan fingerprint density at radius 2 is 0.896 bits per heavy atom. The van der Waals surface area contributed by atoms with Crippen molar-refractivity contribution in [2.75, 3.05) is 7.11 Å². The Balaban J connectivity index is 0.000000223. The lowest BCUT2D eigenvalue weighted by molar-refractivity contribution is 0.404. The molecule has 0 saturated heterocycles.